The fraction of sp³-hybridized carbons (Fsp3) is 0.286. The lowest BCUT2D eigenvalue weighted by atomic mass is 10.2. The van der Waals surface area contributed by atoms with Gasteiger partial charge in [0.25, 0.3) is 0 Å². The molecule has 29 heavy (non-hydrogen) atoms. The Hall–Kier alpha value is -2.51. The second-order valence-electron chi connectivity index (χ2n) is 6.67. The van der Waals surface area contributed by atoms with Crippen LogP contribution in [0.25, 0.3) is 17.1 Å². The number of rotatable bonds is 6. The average molecular weight is 429 g/mol. The van der Waals surface area contributed by atoms with Gasteiger partial charge in [-0.25, -0.2) is 0 Å². The van der Waals surface area contributed by atoms with E-state index in [1.54, 1.807) is 7.11 Å². The summed E-state index contributed by atoms with van der Waals surface area (Å²) < 4.78 is 7.46. The number of halogens is 1. The van der Waals surface area contributed by atoms with E-state index in [2.05, 4.69) is 10.2 Å². The number of hydrogen-bond donors (Lipinski definition) is 0. The Bertz CT molecular complexity index is 1020. The van der Waals surface area contributed by atoms with E-state index >= 15 is 0 Å². The molecule has 1 fully saturated rings. The van der Waals surface area contributed by atoms with Gasteiger partial charge < -0.3 is 9.64 Å². The lowest BCUT2D eigenvalue weighted by Crippen LogP contribution is -2.29. The summed E-state index contributed by atoms with van der Waals surface area (Å²) in [4.78, 5) is 14.4. The molecule has 2 heterocycles. The predicted octanol–water partition coefficient (Wildman–Crippen LogP) is 4.31. The minimum absolute atomic E-state index is 0.126. The van der Waals surface area contributed by atoms with E-state index in [-0.39, 0.29) is 5.91 Å². The molecule has 8 heteroatoms. The van der Waals surface area contributed by atoms with Gasteiger partial charge >= 0.3 is 0 Å². The Labute approximate surface area is 178 Å². The largest absolute Gasteiger partial charge is 0.495 e. The zero-order valence-corrected chi connectivity index (χ0v) is 17.6. The average Bonchev–Trinajstić information content (AvgIpc) is 3.42. The first-order valence-electron chi connectivity index (χ1n) is 9.43. The van der Waals surface area contributed by atoms with Gasteiger partial charge in [-0.3, -0.25) is 9.36 Å². The molecule has 1 amide bonds. The van der Waals surface area contributed by atoms with Gasteiger partial charge in [-0.15, -0.1) is 10.2 Å². The van der Waals surface area contributed by atoms with Crippen LogP contribution in [0.15, 0.2) is 53.7 Å². The minimum Gasteiger partial charge on any atom is -0.495 e. The molecule has 1 aliphatic heterocycles. The SMILES string of the molecule is COc1ccccc1-n1c(SCC(=O)N2CCCC2)nnc1-c1ccccc1Cl. The van der Waals surface area contributed by atoms with Crippen LogP contribution in [0.2, 0.25) is 5.02 Å². The maximum atomic E-state index is 12.5. The Morgan fingerprint density at radius 3 is 2.59 bits per heavy atom. The number of carbonyl (C=O) groups is 1. The number of likely N-dealkylation sites (tertiary alicyclic amines) is 1. The third kappa shape index (κ3) is 4.11. The van der Waals surface area contributed by atoms with Crippen molar-refractivity contribution < 1.29 is 9.53 Å². The molecular weight excluding hydrogens is 408 g/mol. The van der Waals surface area contributed by atoms with Crippen molar-refractivity contribution in [2.75, 3.05) is 26.0 Å². The number of amides is 1. The molecule has 0 atom stereocenters. The normalized spacial score (nSPS) is 13.7. The van der Waals surface area contributed by atoms with Gasteiger partial charge in [-0.1, -0.05) is 47.6 Å². The molecular formula is C21H21ClN4O2S. The number of para-hydroxylation sites is 2. The van der Waals surface area contributed by atoms with E-state index in [0.29, 0.717) is 27.5 Å². The smallest absolute Gasteiger partial charge is 0.233 e. The number of nitrogens with zero attached hydrogens (tertiary/aromatic N) is 4. The van der Waals surface area contributed by atoms with E-state index < -0.39 is 0 Å². The van der Waals surface area contributed by atoms with Crippen LogP contribution in [-0.2, 0) is 4.79 Å². The summed E-state index contributed by atoms with van der Waals surface area (Å²) in [5.41, 5.74) is 1.57. The standard InChI is InChI=1S/C21H21ClN4O2S/c1-28-18-11-5-4-10-17(18)26-20(15-8-2-3-9-16(15)22)23-24-21(26)29-14-19(27)25-12-6-7-13-25/h2-5,8-11H,6-7,12-14H2,1H3. The van der Waals surface area contributed by atoms with Crippen molar-refractivity contribution in [3.05, 3.63) is 53.6 Å². The van der Waals surface area contributed by atoms with Crippen molar-refractivity contribution in [2.45, 2.75) is 18.0 Å². The number of benzene rings is 2. The highest BCUT2D eigenvalue weighted by Crippen LogP contribution is 2.35. The fourth-order valence-corrected chi connectivity index (χ4v) is 4.46. The Morgan fingerprint density at radius 2 is 1.83 bits per heavy atom. The first-order valence-corrected chi connectivity index (χ1v) is 10.8. The van der Waals surface area contributed by atoms with E-state index in [1.165, 1.54) is 11.8 Å². The van der Waals surface area contributed by atoms with Crippen LogP contribution >= 0.6 is 23.4 Å². The highest BCUT2D eigenvalue weighted by atomic mass is 35.5. The number of carbonyl (C=O) groups excluding carboxylic acids is 1. The molecule has 0 aliphatic carbocycles. The highest BCUT2D eigenvalue weighted by Gasteiger charge is 2.23. The maximum Gasteiger partial charge on any atom is 0.233 e. The van der Waals surface area contributed by atoms with Crippen LogP contribution in [-0.4, -0.2) is 51.5 Å². The number of methoxy groups -OCH3 is 1. The fourth-order valence-electron chi connectivity index (χ4n) is 3.40. The van der Waals surface area contributed by atoms with Crippen molar-refractivity contribution in [1.82, 2.24) is 19.7 Å². The molecule has 0 spiro atoms. The third-order valence-corrected chi connectivity index (χ3v) is 6.10. The Morgan fingerprint density at radius 1 is 1.10 bits per heavy atom. The predicted molar refractivity (Wildman–Crippen MR) is 115 cm³/mol. The molecule has 0 bridgehead atoms. The van der Waals surface area contributed by atoms with Crippen LogP contribution < -0.4 is 4.74 Å². The molecule has 3 aromatic rings. The van der Waals surface area contributed by atoms with Crippen molar-refractivity contribution in [3.8, 4) is 22.8 Å². The third-order valence-electron chi connectivity index (χ3n) is 4.86. The van der Waals surface area contributed by atoms with Crippen LogP contribution in [0.3, 0.4) is 0 Å². The molecule has 1 saturated heterocycles. The number of thioether (sulfide) groups is 1. The van der Waals surface area contributed by atoms with Gasteiger partial charge in [0.2, 0.25) is 5.91 Å². The lowest BCUT2D eigenvalue weighted by molar-refractivity contribution is -0.127. The zero-order chi connectivity index (χ0) is 20.2. The highest BCUT2D eigenvalue weighted by molar-refractivity contribution is 7.99. The van der Waals surface area contributed by atoms with Crippen molar-refractivity contribution in [1.29, 1.82) is 0 Å². The summed E-state index contributed by atoms with van der Waals surface area (Å²) in [6.45, 7) is 1.67. The van der Waals surface area contributed by atoms with Gasteiger partial charge in [-0.2, -0.15) is 0 Å². The van der Waals surface area contributed by atoms with E-state index in [9.17, 15) is 4.79 Å². The first-order chi connectivity index (χ1) is 14.2. The monoisotopic (exact) mass is 428 g/mol. The Balaban J connectivity index is 1.73. The van der Waals surface area contributed by atoms with Crippen molar-refractivity contribution >= 4 is 29.3 Å². The minimum atomic E-state index is 0.126. The summed E-state index contributed by atoms with van der Waals surface area (Å²) in [6.07, 6.45) is 2.15. The van der Waals surface area contributed by atoms with Gasteiger partial charge in [0.1, 0.15) is 5.75 Å². The molecule has 2 aromatic carbocycles. The summed E-state index contributed by atoms with van der Waals surface area (Å²) in [5.74, 6) is 1.74. The summed E-state index contributed by atoms with van der Waals surface area (Å²) in [6, 6.07) is 15.2. The number of aromatic nitrogens is 3. The van der Waals surface area contributed by atoms with Gasteiger partial charge in [-0.05, 0) is 37.1 Å². The lowest BCUT2D eigenvalue weighted by Gasteiger charge is -2.16. The molecule has 0 unspecified atom stereocenters. The zero-order valence-electron chi connectivity index (χ0n) is 16.0. The van der Waals surface area contributed by atoms with Crippen molar-refractivity contribution in [3.63, 3.8) is 0 Å². The molecule has 1 aliphatic rings. The number of hydrogen-bond acceptors (Lipinski definition) is 5. The van der Waals surface area contributed by atoms with Crippen LogP contribution in [0.1, 0.15) is 12.8 Å². The van der Waals surface area contributed by atoms with E-state index in [4.69, 9.17) is 16.3 Å². The van der Waals surface area contributed by atoms with Crippen LogP contribution in [0.4, 0.5) is 0 Å². The second-order valence-corrected chi connectivity index (χ2v) is 8.02. The van der Waals surface area contributed by atoms with E-state index in [0.717, 1.165) is 37.2 Å². The molecule has 4 rings (SSSR count). The number of ether oxygens (including phenoxy) is 1. The topological polar surface area (TPSA) is 60.2 Å². The van der Waals surface area contributed by atoms with Crippen LogP contribution in [0.5, 0.6) is 5.75 Å². The Kier molecular flexibility index (Phi) is 6.06. The van der Waals surface area contributed by atoms with Crippen LogP contribution in [0, 0.1) is 0 Å². The maximum absolute atomic E-state index is 12.5. The second kappa shape index (κ2) is 8.88. The van der Waals surface area contributed by atoms with Gasteiger partial charge in [0.05, 0.1) is 23.6 Å². The molecule has 0 N–H and O–H groups in total. The molecule has 6 nitrogen and oxygen atoms in total. The van der Waals surface area contributed by atoms with E-state index in [1.807, 2.05) is 58.0 Å². The molecule has 0 radical (unpaired) electrons. The molecule has 1 aromatic heterocycles. The molecule has 0 saturated carbocycles. The molecule has 150 valence electrons. The summed E-state index contributed by atoms with van der Waals surface area (Å²) >= 11 is 7.81. The van der Waals surface area contributed by atoms with Crippen molar-refractivity contribution in [2.24, 2.45) is 0 Å². The summed E-state index contributed by atoms with van der Waals surface area (Å²) in [5, 5.41) is 9.98. The first kappa shape index (κ1) is 19.8. The van der Waals surface area contributed by atoms with Gasteiger partial charge in [0, 0.05) is 18.7 Å². The quantitative estimate of drug-likeness (QED) is 0.547. The summed E-state index contributed by atoms with van der Waals surface area (Å²) in [7, 11) is 1.63. The van der Waals surface area contributed by atoms with Gasteiger partial charge in [0.15, 0.2) is 11.0 Å².